The lowest BCUT2D eigenvalue weighted by molar-refractivity contribution is 0.213. The Bertz CT molecular complexity index is 130. The third-order valence-corrected chi connectivity index (χ3v) is 2.88. The molecule has 0 saturated carbocycles. The lowest BCUT2D eigenvalue weighted by Gasteiger charge is -2.14. The molecule has 17 heavy (non-hydrogen) atoms. The standard InChI is InChI=1S/C8H16N2O.3C2H6/c11-2-1-10-5-7-3-9-4-8(7)6-10;3*1-2/h7-9,11H,1-6H2;3*1-2H3. The van der Waals surface area contributed by atoms with Gasteiger partial charge in [0.25, 0.3) is 0 Å². The molecule has 3 heteroatoms. The zero-order chi connectivity index (χ0) is 13.7. The van der Waals surface area contributed by atoms with Gasteiger partial charge in [0.1, 0.15) is 0 Å². The van der Waals surface area contributed by atoms with Gasteiger partial charge in [-0.25, -0.2) is 0 Å². The molecule has 0 aromatic rings. The van der Waals surface area contributed by atoms with E-state index in [1.54, 1.807) is 0 Å². The van der Waals surface area contributed by atoms with Gasteiger partial charge in [0.15, 0.2) is 0 Å². The second-order valence-corrected chi connectivity index (χ2v) is 3.66. The molecule has 2 unspecified atom stereocenters. The number of β-amino-alcohol motifs (C(OH)–C–C–N with tert-alkyl or cyclic N) is 1. The maximum absolute atomic E-state index is 8.73. The molecule has 0 amide bonds. The smallest absolute Gasteiger partial charge is 0.0558 e. The average molecular weight is 246 g/mol. The van der Waals surface area contributed by atoms with Gasteiger partial charge in [-0.2, -0.15) is 0 Å². The number of hydrogen-bond acceptors (Lipinski definition) is 3. The van der Waals surface area contributed by atoms with Crippen molar-refractivity contribution < 1.29 is 5.11 Å². The zero-order valence-corrected chi connectivity index (χ0v) is 12.8. The van der Waals surface area contributed by atoms with Gasteiger partial charge in [0.2, 0.25) is 0 Å². The molecule has 2 rings (SSSR count). The van der Waals surface area contributed by atoms with Crippen molar-refractivity contribution in [3.63, 3.8) is 0 Å². The molecule has 106 valence electrons. The molecule has 0 aliphatic carbocycles. The predicted octanol–water partition coefficient (Wildman–Crippen LogP) is 2.21. The molecule has 2 aliphatic rings. The van der Waals surface area contributed by atoms with E-state index in [1.807, 2.05) is 41.5 Å². The van der Waals surface area contributed by atoms with Crippen LogP contribution in [-0.4, -0.2) is 49.3 Å². The van der Waals surface area contributed by atoms with Crippen LogP contribution in [0.1, 0.15) is 41.5 Å². The van der Waals surface area contributed by atoms with Gasteiger partial charge in [0, 0.05) is 19.6 Å². The highest BCUT2D eigenvalue weighted by Gasteiger charge is 2.35. The van der Waals surface area contributed by atoms with Gasteiger partial charge >= 0.3 is 0 Å². The highest BCUT2D eigenvalue weighted by atomic mass is 16.3. The summed E-state index contributed by atoms with van der Waals surface area (Å²) in [6.07, 6.45) is 0. The van der Waals surface area contributed by atoms with Gasteiger partial charge in [-0.1, -0.05) is 41.5 Å². The fraction of sp³-hybridized carbons (Fsp3) is 1.00. The zero-order valence-electron chi connectivity index (χ0n) is 12.8. The van der Waals surface area contributed by atoms with Crippen LogP contribution in [-0.2, 0) is 0 Å². The van der Waals surface area contributed by atoms with Gasteiger partial charge in [-0.15, -0.1) is 0 Å². The Morgan fingerprint density at radius 2 is 1.35 bits per heavy atom. The van der Waals surface area contributed by atoms with Crippen molar-refractivity contribution in [1.82, 2.24) is 10.2 Å². The van der Waals surface area contributed by atoms with E-state index in [0.29, 0.717) is 6.61 Å². The number of aliphatic hydroxyl groups excluding tert-OH is 1. The van der Waals surface area contributed by atoms with E-state index in [2.05, 4.69) is 10.2 Å². The van der Waals surface area contributed by atoms with Crippen LogP contribution in [0.2, 0.25) is 0 Å². The van der Waals surface area contributed by atoms with Crippen molar-refractivity contribution in [3.8, 4) is 0 Å². The summed E-state index contributed by atoms with van der Waals surface area (Å²) >= 11 is 0. The van der Waals surface area contributed by atoms with E-state index in [-0.39, 0.29) is 0 Å². The molecule has 0 spiro atoms. The number of fused-ring (bicyclic) bond motifs is 1. The summed E-state index contributed by atoms with van der Waals surface area (Å²) in [5.41, 5.74) is 0. The lowest BCUT2D eigenvalue weighted by atomic mass is 10.0. The van der Waals surface area contributed by atoms with Crippen molar-refractivity contribution in [2.75, 3.05) is 39.3 Å². The van der Waals surface area contributed by atoms with Crippen LogP contribution >= 0.6 is 0 Å². The highest BCUT2D eigenvalue weighted by molar-refractivity contribution is 4.90. The average Bonchev–Trinajstić information content (AvgIpc) is 2.98. The van der Waals surface area contributed by atoms with E-state index < -0.39 is 0 Å². The summed E-state index contributed by atoms with van der Waals surface area (Å²) in [5.74, 6) is 1.73. The van der Waals surface area contributed by atoms with Crippen molar-refractivity contribution in [2.24, 2.45) is 11.8 Å². The maximum Gasteiger partial charge on any atom is 0.0558 e. The molecule has 2 heterocycles. The summed E-state index contributed by atoms with van der Waals surface area (Å²) in [4.78, 5) is 2.37. The number of nitrogens with zero attached hydrogens (tertiary/aromatic N) is 1. The third-order valence-electron chi connectivity index (χ3n) is 2.88. The summed E-state index contributed by atoms with van der Waals surface area (Å²) in [6.45, 7) is 17.9. The van der Waals surface area contributed by atoms with Crippen molar-refractivity contribution in [3.05, 3.63) is 0 Å². The lowest BCUT2D eigenvalue weighted by Crippen LogP contribution is -2.28. The molecule has 2 atom stereocenters. The minimum atomic E-state index is 0.312. The first kappa shape index (κ1) is 19.2. The number of likely N-dealkylation sites (tertiary alicyclic amines) is 1. The van der Waals surface area contributed by atoms with Crippen LogP contribution in [0.25, 0.3) is 0 Å². The Kier molecular flexibility index (Phi) is 15.8. The summed E-state index contributed by atoms with van der Waals surface area (Å²) < 4.78 is 0. The maximum atomic E-state index is 8.73. The SMILES string of the molecule is CC.CC.CC.OCCN1CC2CNCC2C1. The van der Waals surface area contributed by atoms with Crippen molar-refractivity contribution in [1.29, 1.82) is 0 Å². The number of aliphatic hydroxyl groups is 1. The van der Waals surface area contributed by atoms with E-state index in [1.165, 1.54) is 26.2 Å². The largest absolute Gasteiger partial charge is 0.395 e. The number of nitrogens with one attached hydrogen (secondary N) is 1. The molecule has 3 nitrogen and oxygen atoms in total. The van der Waals surface area contributed by atoms with Crippen LogP contribution in [0.3, 0.4) is 0 Å². The van der Waals surface area contributed by atoms with E-state index in [9.17, 15) is 0 Å². The Hall–Kier alpha value is -0.120. The molecule has 2 saturated heterocycles. The topological polar surface area (TPSA) is 35.5 Å². The third kappa shape index (κ3) is 7.02. The molecular weight excluding hydrogens is 212 g/mol. The molecule has 0 bridgehead atoms. The van der Waals surface area contributed by atoms with Crippen LogP contribution in [0.4, 0.5) is 0 Å². The van der Waals surface area contributed by atoms with E-state index in [0.717, 1.165) is 18.4 Å². The van der Waals surface area contributed by atoms with Crippen LogP contribution in [0.5, 0.6) is 0 Å². The first-order chi connectivity index (χ1) is 8.40. The van der Waals surface area contributed by atoms with Gasteiger partial charge < -0.3 is 15.3 Å². The molecule has 2 N–H and O–H groups in total. The van der Waals surface area contributed by atoms with Crippen molar-refractivity contribution >= 4 is 0 Å². The molecular formula is C14H34N2O. The molecule has 0 aromatic heterocycles. The Morgan fingerprint density at radius 1 is 0.941 bits per heavy atom. The van der Waals surface area contributed by atoms with E-state index >= 15 is 0 Å². The van der Waals surface area contributed by atoms with Gasteiger partial charge in [-0.3, -0.25) is 0 Å². The second-order valence-electron chi connectivity index (χ2n) is 3.66. The second kappa shape index (κ2) is 13.9. The minimum absolute atomic E-state index is 0.312. The Morgan fingerprint density at radius 3 is 1.71 bits per heavy atom. The highest BCUT2D eigenvalue weighted by Crippen LogP contribution is 2.25. The van der Waals surface area contributed by atoms with Crippen LogP contribution in [0.15, 0.2) is 0 Å². The molecule has 0 aromatic carbocycles. The summed E-state index contributed by atoms with van der Waals surface area (Å²) in [7, 11) is 0. The normalized spacial score (nSPS) is 25.6. The van der Waals surface area contributed by atoms with Crippen molar-refractivity contribution in [2.45, 2.75) is 41.5 Å². The number of hydrogen-bond donors (Lipinski definition) is 2. The fourth-order valence-corrected chi connectivity index (χ4v) is 2.28. The number of rotatable bonds is 2. The molecule has 2 aliphatic heterocycles. The first-order valence-corrected chi connectivity index (χ1v) is 7.44. The van der Waals surface area contributed by atoms with Crippen LogP contribution < -0.4 is 5.32 Å². The van der Waals surface area contributed by atoms with E-state index in [4.69, 9.17) is 5.11 Å². The van der Waals surface area contributed by atoms with Gasteiger partial charge in [0.05, 0.1) is 6.61 Å². The first-order valence-electron chi connectivity index (χ1n) is 7.44. The molecule has 2 fully saturated rings. The minimum Gasteiger partial charge on any atom is -0.395 e. The monoisotopic (exact) mass is 246 g/mol. The Labute approximate surface area is 109 Å². The van der Waals surface area contributed by atoms with Gasteiger partial charge in [-0.05, 0) is 24.9 Å². The van der Waals surface area contributed by atoms with Crippen LogP contribution in [0, 0.1) is 11.8 Å². The Balaban J connectivity index is 0. The molecule has 0 radical (unpaired) electrons. The summed E-state index contributed by atoms with van der Waals surface area (Å²) in [6, 6.07) is 0. The predicted molar refractivity (Wildman–Crippen MR) is 77.4 cm³/mol. The summed E-state index contributed by atoms with van der Waals surface area (Å²) in [5, 5.41) is 12.1. The fourth-order valence-electron chi connectivity index (χ4n) is 2.28. The quantitative estimate of drug-likeness (QED) is 0.784.